The number of hydrogen-bond donors (Lipinski definition) is 2. The largest absolute Gasteiger partial charge is 0.362 e. The molecule has 0 aliphatic rings. The van der Waals surface area contributed by atoms with Gasteiger partial charge < -0.3 is 4.90 Å². The summed E-state index contributed by atoms with van der Waals surface area (Å²) >= 11 is 0. The lowest BCUT2D eigenvalue weighted by atomic mass is 10.5. The van der Waals surface area contributed by atoms with Crippen LogP contribution in [0.2, 0.25) is 0 Å². The van der Waals surface area contributed by atoms with Crippen molar-refractivity contribution in [3.8, 4) is 0 Å². The first kappa shape index (κ1) is 10.2. The normalized spacial score (nSPS) is 9.64. The van der Waals surface area contributed by atoms with Crippen molar-refractivity contribution < 1.29 is 4.79 Å². The summed E-state index contributed by atoms with van der Waals surface area (Å²) in [5.41, 5.74) is -0.299. The molecule has 0 saturated heterocycles. The molecule has 6 nitrogen and oxygen atoms in total. The molecule has 1 aromatic heterocycles. The Morgan fingerprint density at radius 1 is 1.57 bits per heavy atom. The monoisotopic (exact) mass is 196 g/mol. The zero-order chi connectivity index (χ0) is 10.7. The van der Waals surface area contributed by atoms with E-state index in [1.54, 1.807) is 19.0 Å². The fourth-order valence-electron chi connectivity index (χ4n) is 0.900. The highest BCUT2D eigenvalue weighted by molar-refractivity contribution is 5.86. The fraction of sp³-hybridized carbons (Fsp3) is 0.375. The minimum atomic E-state index is -0.299. The predicted molar refractivity (Wildman–Crippen MR) is 53.5 cm³/mol. The lowest BCUT2D eigenvalue weighted by Crippen LogP contribution is -2.20. The summed E-state index contributed by atoms with van der Waals surface area (Å²) in [7, 11) is 3.53. The highest BCUT2D eigenvalue weighted by atomic mass is 16.1. The third-order valence-electron chi connectivity index (χ3n) is 1.48. The third-order valence-corrected chi connectivity index (χ3v) is 1.48. The SMILES string of the molecule is CC(=O)Nc1nc(N(C)C)cc(=O)[nH]1. The van der Waals surface area contributed by atoms with Crippen LogP contribution in [0.25, 0.3) is 0 Å². The lowest BCUT2D eigenvalue weighted by molar-refractivity contribution is -0.114. The molecule has 1 rings (SSSR count). The first-order chi connectivity index (χ1) is 6.49. The smallest absolute Gasteiger partial charge is 0.254 e. The summed E-state index contributed by atoms with van der Waals surface area (Å²) in [6.45, 7) is 1.35. The van der Waals surface area contributed by atoms with Gasteiger partial charge in [-0.05, 0) is 0 Å². The lowest BCUT2D eigenvalue weighted by Gasteiger charge is -2.11. The molecule has 14 heavy (non-hydrogen) atoms. The molecule has 0 atom stereocenters. The van der Waals surface area contributed by atoms with Crippen molar-refractivity contribution >= 4 is 17.7 Å². The second-order valence-electron chi connectivity index (χ2n) is 3.03. The zero-order valence-corrected chi connectivity index (χ0v) is 8.29. The maximum atomic E-state index is 11.1. The van der Waals surface area contributed by atoms with Crippen LogP contribution in [0.4, 0.5) is 11.8 Å². The fourth-order valence-corrected chi connectivity index (χ4v) is 0.900. The minimum absolute atomic E-state index is 0.161. The number of aromatic amines is 1. The van der Waals surface area contributed by atoms with Crippen LogP contribution in [-0.2, 0) is 4.79 Å². The third kappa shape index (κ3) is 2.58. The van der Waals surface area contributed by atoms with E-state index in [0.29, 0.717) is 5.82 Å². The Kier molecular flexibility index (Phi) is 2.85. The van der Waals surface area contributed by atoms with E-state index in [1.807, 2.05) is 0 Å². The highest BCUT2D eigenvalue weighted by Crippen LogP contribution is 2.05. The Morgan fingerprint density at radius 3 is 2.71 bits per heavy atom. The number of aromatic nitrogens is 2. The average molecular weight is 196 g/mol. The number of carbonyl (C=O) groups excluding carboxylic acids is 1. The molecule has 0 aromatic carbocycles. The molecule has 2 N–H and O–H groups in total. The van der Waals surface area contributed by atoms with Crippen LogP contribution in [-0.4, -0.2) is 30.0 Å². The van der Waals surface area contributed by atoms with Crippen molar-refractivity contribution in [2.24, 2.45) is 0 Å². The Balaban J connectivity index is 3.07. The number of amides is 1. The van der Waals surface area contributed by atoms with Gasteiger partial charge in [0, 0.05) is 27.1 Å². The Morgan fingerprint density at radius 2 is 2.21 bits per heavy atom. The highest BCUT2D eigenvalue weighted by Gasteiger charge is 2.03. The van der Waals surface area contributed by atoms with E-state index in [4.69, 9.17) is 0 Å². The van der Waals surface area contributed by atoms with E-state index in [9.17, 15) is 9.59 Å². The van der Waals surface area contributed by atoms with Gasteiger partial charge in [-0.3, -0.25) is 19.9 Å². The van der Waals surface area contributed by atoms with Crippen molar-refractivity contribution in [3.63, 3.8) is 0 Å². The standard InChI is InChI=1S/C8H12N4O2/c1-5(13)9-8-10-6(12(2)3)4-7(14)11-8/h4H,1-3H3,(H2,9,10,11,13,14). The van der Waals surface area contributed by atoms with E-state index in [0.717, 1.165) is 0 Å². The average Bonchev–Trinajstić information content (AvgIpc) is 2.01. The Hall–Kier alpha value is -1.85. The first-order valence-corrected chi connectivity index (χ1v) is 4.05. The number of rotatable bonds is 2. The molecule has 0 saturated carbocycles. The van der Waals surface area contributed by atoms with Crippen LogP contribution in [0, 0.1) is 0 Å². The minimum Gasteiger partial charge on any atom is -0.362 e. The maximum Gasteiger partial charge on any atom is 0.254 e. The summed E-state index contributed by atoms with van der Waals surface area (Å²) in [5, 5.41) is 2.41. The zero-order valence-electron chi connectivity index (χ0n) is 8.29. The van der Waals surface area contributed by atoms with Gasteiger partial charge in [0.2, 0.25) is 11.9 Å². The Bertz CT molecular complexity index is 397. The molecule has 0 fully saturated rings. The Labute approximate surface area is 81.0 Å². The van der Waals surface area contributed by atoms with Crippen molar-refractivity contribution in [3.05, 3.63) is 16.4 Å². The molecule has 0 aliphatic carbocycles. The number of H-pyrrole nitrogens is 1. The molecule has 0 spiro atoms. The molecule has 76 valence electrons. The van der Waals surface area contributed by atoms with Crippen molar-refractivity contribution in [1.29, 1.82) is 0 Å². The van der Waals surface area contributed by atoms with Gasteiger partial charge in [-0.25, -0.2) is 0 Å². The maximum absolute atomic E-state index is 11.1. The van der Waals surface area contributed by atoms with Gasteiger partial charge in [0.15, 0.2) is 0 Å². The second-order valence-corrected chi connectivity index (χ2v) is 3.03. The molecule has 1 aromatic rings. The molecule has 1 heterocycles. The van der Waals surface area contributed by atoms with E-state index in [2.05, 4.69) is 15.3 Å². The van der Waals surface area contributed by atoms with Crippen LogP contribution >= 0.6 is 0 Å². The molecular weight excluding hydrogens is 184 g/mol. The van der Waals surface area contributed by atoms with Gasteiger partial charge in [-0.1, -0.05) is 0 Å². The van der Waals surface area contributed by atoms with Crippen LogP contribution in [0.3, 0.4) is 0 Å². The molecular formula is C8H12N4O2. The summed E-state index contributed by atoms with van der Waals surface area (Å²) in [5.74, 6) is 0.384. The van der Waals surface area contributed by atoms with Gasteiger partial charge in [0.1, 0.15) is 5.82 Å². The van der Waals surface area contributed by atoms with Crippen molar-refractivity contribution in [2.75, 3.05) is 24.3 Å². The summed E-state index contributed by atoms with van der Waals surface area (Å²) in [6, 6.07) is 1.35. The van der Waals surface area contributed by atoms with E-state index >= 15 is 0 Å². The number of nitrogens with zero attached hydrogens (tertiary/aromatic N) is 2. The van der Waals surface area contributed by atoms with Gasteiger partial charge in [-0.15, -0.1) is 0 Å². The number of hydrogen-bond acceptors (Lipinski definition) is 4. The van der Waals surface area contributed by atoms with E-state index < -0.39 is 0 Å². The van der Waals surface area contributed by atoms with Gasteiger partial charge in [-0.2, -0.15) is 4.98 Å². The van der Waals surface area contributed by atoms with Crippen LogP contribution < -0.4 is 15.8 Å². The molecule has 0 unspecified atom stereocenters. The molecule has 0 bridgehead atoms. The predicted octanol–water partition coefficient (Wildman–Crippen LogP) is -0.206. The second kappa shape index (κ2) is 3.91. The van der Waals surface area contributed by atoms with Crippen LogP contribution in [0.5, 0.6) is 0 Å². The summed E-state index contributed by atoms with van der Waals surface area (Å²) in [6.07, 6.45) is 0. The van der Waals surface area contributed by atoms with Gasteiger partial charge in [0.05, 0.1) is 0 Å². The van der Waals surface area contributed by atoms with Crippen molar-refractivity contribution in [2.45, 2.75) is 6.92 Å². The van der Waals surface area contributed by atoms with Crippen molar-refractivity contribution in [1.82, 2.24) is 9.97 Å². The van der Waals surface area contributed by atoms with E-state index in [-0.39, 0.29) is 17.4 Å². The topological polar surface area (TPSA) is 78.1 Å². The summed E-state index contributed by atoms with van der Waals surface area (Å²) in [4.78, 5) is 29.9. The van der Waals surface area contributed by atoms with Crippen LogP contribution in [0.1, 0.15) is 6.92 Å². The first-order valence-electron chi connectivity index (χ1n) is 4.05. The van der Waals surface area contributed by atoms with Crippen LogP contribution in [0.15, 0.2) is 10.9 Å². The number of nitrogens with one attached hydrogen (secondary N) is 2. The van der Waals surface area contributed by atoms with Gasteiger partial charge in [0.25, 0.3) is 5.56 Å². The molecule has 1 amide bonds. The van der Waals surface area contributed by atoms with Gasteiger partial charge >= 0.3 is 0 Å². The molecule has 6 heteroatoms. The number of carbonyl (C=O) groups is 1. The summed E-state index contributed by atoms with van der Waals surface area (Å²) < 4.78 is 0. The quantitative estimate of drug-likeness (QED) is 0.686. The number of anilines is 2. The molecule has 0 radical (unpaired) electrons. The molecule has 0 aliphatic heterocycles. The van der Waals surface area contributed by atoms with E-state index in [1.165, 1.54) is 13.0 Å².